The molecule has 1 aromatic rings. The van der Waals surface area contributed by atoms with Crippen molar-refractivity contribution < 1.29 is 9.53 Å². The van der Waals surface area contributed by atoms with E-state index in [-0.39, 0.29) is 18.0 Å². The summed E-state index contributed by atoms with van der Waals surface area (Å²) >= 11 is 3.46. The fourth-order valence-corrected chi connectivity index (χ4v) is 2.68. The molecule has 4 nitrogen and oxygen atoms in total. The Labute approximate surface area is 128 Å². The Morgan fingerprint density at radius 2 is 2.20 bits per heavy atom. The molecule has 5 heteroatoms. The summed E-state index contributed by atoms with van der Waals surface area (Å²) in [5.41, 5.74) is 1.17. The predicted molar refractivity (Wildman–Crippen MR) is 82.5 cm³/mol. The second kappa shape index (κ2) is 7.76. The molecular formula is C15H21BrN2O2. The van der Waals surface area contributed by atoms with Crippen LogP contribution in [0.1, 0.15) is 31.4 Å². The Morgan fingerprint density at radius 1 is 1.45 bits per heavy atom. The number of rotatable bonds is 5. The maximum absolute atomic E-state index is 11.9. The van der Waals surface area contributed by atoms with Gasteiger partial charge in [-0.1, -0.05) is 28.1 Å². The average Bonchev–Trinajstić information content (AvgIpc) is 2.46. The summed E-state index contributed by atoms with van der Waals surface area (Å²) in [5, 5.41) is 6.30. The van der Waals surface area contributed by atoms with Gasteiger partial charge in [0.1, 0.15) is 0 Å². The minimum absolute atomic E-state index is 0.0544. The van der Waals surface area contributed by atoms with E-state index in [1.165, 1.54) is 5.56 Å². The van der Waals surface area contributed by atoms with Crippen molar-refractivity contribution in [2.24, 2.45) is 0 Å². The van der Waals surface area contributed by atoms with E-state index >= 15 is 0 Å². The summed E-state index contributed by atoms with van der Waals surface area (Å²) in [5.74, 6) is 0.0544. The summed E-state index contributed by atoms with van der Waals surface area (Å²) in [6.45, 7) is 3.88. The minimum Gasteiger partial charge on any atom is -0.381 e. The summed E-state index contributed by atoms with van der Waals surface area (Å²) in [7, 11) is 0. The highest BCUT2D eigenvalue weighted by molar-refractivity contribution is 9.10. The van der Waals surface area contributed by atoms with Crippen LogP contribution in [0.3, 0.4) is 0 Å². The second-order valence-corrected chi connectivity index (χ2v) is 6.03. The van der Waals surface area contributed by atoms with Crippen molar-refractivity contribution >= 4 is 21.8 Å². The molecule has 1 saturated heterocycles. The highest BCUT2D eigenvalue weighted by Gasteiger charge is 2.16. The molecule has 0 aromatic heterocycles. The smallest absolute Gasteiger partial charge is 0.234 e. The summed E-state index contributed by atoms with van der Waals surface area (Å²) in [6, 6.07) is 8.52. The number of halogens is 1. The molecule has 0 aliphatic carbocycles. The Bertz CT molecular complexity index is 447. The maximum Gasteiger partial charge on any atom is 0.234 e. The molecule has 1 amide bonds. The summed E-state index contributed by atoms with van der Waals surface area (Å²) in [4.78, 5) is 11.9. The number of carbonyl (C=O) groups excluding carboxylic acids is 1. The highest BCUT2D eigenvalue weighted by atomic mass is 79.9. The van der Waals surface area contributed by atoms with Gasteiger partial charge in [-0.15, -0.1) is 0 Å². The number of hydrogen-bond acceptors (Lipinski definition) is 3. The van der Waals surface area contributed by atoms with Gasteiger partial charge in [-0.05, 0) is 37.5 Å². The molecular weight excluding hydrogens is 320 g/mol. The molecule has 1 aliphatic heterocycles. The number of nitrogens with one attached hydrogen (secondary N) is 2. The van der Waals surface area contributed by atoms with Gasteiger partial charge >= 0.3 is 0 Å². The zero-order valence-electron chi connectivity index (χ0n) is 11.7. The van der Waals surface area contributed by atoms with Crippen LogP contribution in [-0.4, -0.2) is 31.7 Å². The van der Waals surface area contributed by atoms with Crippen molar-refractivity contribution in [3.8, 4) is 0 Å². The van der Waals surface area contributed by atoms with Crippen molar-refractivity contribution in [3.63, 3.8) is 0 Å². The van der Waals surface area contributed by atoms with Crippen LogP contribution in [0.5, 0.6) is 0 Å². The third-order valence-corrected chi connectivity index (χ3v) is 4.00. The molecule has 110 valence electrons. The van der Waals surface area contributed by atoms with E-state index in [0.29, 0.717) is 6.54 Å². The maximum atomic E-state index is 11.9. The van der Waals surface area contributed by atoms with Gasteiger partial charge in [0.05, 0.1) is 6.54 Å². The van der Waals surface area contributed by atoms with Gasteiger partial charge in [0.2, 0.25) is 5.91 Å². The zero-order chi connectivity index (χ0) is 14.4. The molecule has 0 unspecified atom stereocenters. The number of ether oxygens (including phenoxy) is 1. The Kier molecular flexibility index (Phi) is 6.01. The van der Waals surface area contributed by atoms with Crippen LogP contribution in [0.2, 0.25) is 0 Å². The average molecular weight is 341 g/mol. The van der Waals surface area contributed by atoms with Gasteiger partial charge in [0.25, 0.3) is 0 Å². The van der Waals surface area contributed by atoms with E-state index < -0.39 is 0 Å². The lowest BCUT2D eigenvalue weighted by atomic mass is 10.1. The van der Waals surface area contributed by atoms with Crippen LogP contribution in [0.25, 0.3) is 0 Å². The molecule has 1 atom stereocenters. The first-order chi connectivity index (χ1) is 9.65. The van der Waals surface area contributed by atoms with Gasteiger partial charge in [-0.2, -0.15) is 0 Å². The standard InChI is InChI=1S/C15H21BrN2O2/c1-11(12-3-2-4-13(16)9-12)17-10-15(19)18-14-5-7-20-8-6-14/h2-4,9,11,14,17H,5-8,10H2,1H3,(H,18,19)/t11-/m1/s1. The fourth-order valence-electron chi connectivity index (χ4n) is 2.26. The van der Waals surface area contributed by atoms with Crippen LogP contribution in [0.4, 0.5) is 0 Å². The van der Waals surface area contributed by atoms with E-state index in [4.69, 9.17) is 4.74 Å². The summed E-state index contributed by atoms with van der Waals surface area (Å²) < 4.78 is 6.33. The predicted octanol–water partition coefficient (Wildman–Crippen LogP) is 2.39. The molecule has 1 aromatic carbocycles. The fraction of sp³-hybridized carbons (Fsp3) is 0.533. The molecule has 1 aliphatic rings. The number of amides is 1. The van der Waals surface area contributed by atoms with E-state index in [1.54, 1.807) is 0 Å². The lowest BCUT2D eigenvalue weighted by Gasteiger charge is -2.23. The van der Waals surface area contributed by atoms with E-state index in [9.17, 15) is 4.79 Å². The first kappa shape index (κ1) is 15.5. The van der Waals surface area contributed by atoms with Crippen molar-refractivity contribution in [1.29, 1.82) is 0 Å². The van der Waals surface area contributed by atoms with E-state index in [1.807, 2.05) is 12.1 Å². The second-order valence-electron chi connectivity index (χ2n) is 5.11. The molecule has 20 heavy (non-hydrogen) atoms. The van der Waals surface area contributed by atoms with E-state index in [0.717, 1.165) is 30.5 Å². The lowest BCUT2D eigenvalue weighted by molar-refractivity contribution is -0.121. The summed E-state index contributed by atoms with van der Waals surface area (Å²) in [6.07, 6.45) is 1.82. The van der Waals surface area contributed by atoms with Gasteiger partial charge in [-0.25, -0.2) is 0 Å². The number of hydrogen-bond donors (Lipinski definition) is 2. The van der Waals surface area contributed by atoms with E-state index in [2.05, 4.69) is 45.6 Å². The van der Waals surface area contributed by atoms with Crippen LogP contribution in [0, 0.1) is 0 Å². The molecule has 2 N–H and O–H groups in total. The van der Waals surface area contributed by atoms with Crippen LogP contribution in [0.15, 0.2) is 28.7 Å². The Morgan fingerprint density at radius 3 is 2.90 bits per heavy atom. The van der Waals surface area contributed by atoms with Gasteiger partial charge in [0.15, 0.2) is 0 Å². The third kappa shape index (κ3) is 4.89. The molecule has 0 spiro atoms. The van der Waals surface area contributed by atoms with Gasteiger partial charge in [-0.3, -0.25) is 4.79 Å². The number of benzene rings is 1. The topological polar surface area (TPSA) is 50.4 Å². The van der Waals surface area contributed by atoms with Crippen molar-refractivity contribution in [3.05, 3.63) is 34.3 Å². The molecule has 0 bridgehead atoms. The third-order valence-electron chi connectivity index (χ3n) is 3.50. The van der Waals surface area contributed by atoms with Crippen molar-refractivity contribution in [2.75, 3.05) is 19.8 Å². The van der Waals surface area contributed by atoms with Crippen LogP contribution in [-0.2, 0) is 9.53 Å². The normalized spacial score (nSPS) is 17.7. The molecule has 1 fully saturated rings. The monoisotopic (exact) mass is 340 g/mol. The minimum atomic E-state index is 0.0544. The van der Waals surface area contributed by atoms with Crippen LogP contribution < -0.4 is 10.6 Å². The van der Waals surface area contributed by atoms with Crippen molar-refractivity contribution in [1.82, 2.24) is 10.6 Å². The largest absolute Gasteiger partial charge is 0.381 e. The zero-order valence-corrected chi connectivity index (χ0v) is 13.3. The first-order valence-electron chi connectivity index (χ1n) is 7.01. The SMILES string of the molecule is C[C@@H](NCC(=O)NC1CCOCC1)c1cccc(Br)c1. The van der Waals surface area contributed by atoms with Gasteiger partial charge in [0, 0.05) is 29.8 Å². The highest BCUT2D eigenvalue weighted by Crippen LogP contribution is 2.17. The molecule has 0 radical (unpaired) electrons. The Hall–Kier alpha value is -0.910. The van der Waals surface area contributed by atoms with Gasteiger partial charge < -0.3 is 15.4 Å². The quantitative estimate of drug-likeness (QED) is 0.865. The van der Waals surface area contributed by atoms with Crippen LogP contribution >= 0.6 is 15.9 Å². The lowest BCUT2D eigenvalue weighted by Crippen LogP contribution is -2.43. The van der Waals surface area contributed by atoms with Crippen molar-refractivity contribution in [2.45, 2.75) is 31.8 Å². The Balaban J connectivity index is 1.75. The number of carbonyl (C=O) groups is 1. The first-order valence-corrected chi connectivity index (χ1v) is 7.80. The molecule has 0 saturated carbocycles. The molecule has 2 rings (SSSR count). The molecule has 1 heterocycles.